The van der Waals surface area contributed by atoms with Gasteiger partial charge in [0.2, 0.25) is 0 Å². The molecule has 4 heteroatoms. The lowest BCUT2D eigenvalue weighted by Gasteiger charge is -2.00. The molecule has 0 radical (unpaired) electrons. The predicted molar refractivity (Wildman–Crippen MR) is 97.0 cm³/mol. The number of carboxylic acid groups (broad SMARTS) is 1. The number of rotatable bonds is 14. The van der Waals surface area contributed by atoms with Gasteiger partial charge in [0, 0.05) is 6.42 Å². The summed E-state index contributed by atoms with van der Waals surface area (Å²) in [4.78, 5) is 10.3. The number of ether oxygens (including phenoxy) is 1. The minimum atomic E-state index is -0.724. The Kier molecular flexibility index (Phi) is 11.2. The maximum atomic E-state index is 10.3. The lowest BCUT2D eigenvalue weighted by molar-refractivity contribution is -0.137. The molecule has 0 aromatic rings. The second-order valence-corrected chi connectivity index (χ2v) is 6.40. The van der Waals surface area contributed by atoms with Gasteiger partial charge in [0.05, 0.1) is 18.3 Å². The molecular formula is C20H32O4. The van der Waals surface area contributed by atoms with Crippen LogP contribution in [0.5, 0.6) is 0 Å². The van der Waals surface area contributed by atoms with Crippen LogP contribution in [0.1, 0.15) is 64.7 Å². The van der Waals surface area contributed by atoms with Gasteiger partial charge in [-0.3, -0.25) is 4.79 Å². The van der Waals surface area contributed by atoms with E-state index in [-0.39, 0.29) is 12.5 Å². The molecule has 0 bridgehead atoms. The summed E-state index contributed by atoms with van der Waals surface area (Å²) >= 11 is 0. The minimum Gasteiger partial charge on any atom is -0.481 e. The molecule has 1 heterocycles. The van der Waals surface area contributed by atoms with E-state index in [1.807, 2.05) is 13.0 Å². The number of hydrogen-bond acceptors (Lipinski definition) is 3. The van der Waals surface area contributed by atoms with Crippen molar-refractivity contribution in [1.29, 1.82) is 0 Å². The minimum absolute atomic E-state index is 0.200. The predicted octanol–water partition coefficient (Wildman–Crippen LogP) is 4.40. The van der Waals surface area contributed by atoms with Crippen molar-refractivity contribution in [2.24, 2.45) is 0 Å². The maximum absolute atomic E-state index is 10.3. The van der Waals surface area contributed by atoms with Crippen molar-refractivity contribution in [3.63, 3.8) is 0 Å². The summed E-state index contributed by atoms with van der Waals surface area (Å²) in [6.45, 7) is 1.83. The van der Waals surface area contributed by atoms with E-state index in [2.05, 4.69) is 30.4 Å². The van der Waals surface area contributed by atoms with Crippen LogP contribution in [0.15, 0.2) is 36.5 Å². The van der Waals surface area contributed by atoms with Gasteiger partial charge < -0.3 is 14.9 Å². The van der Waals surface area contributed by atoms with Crippen LogP contribution < -0.4 is 0 Å². The highest BCUT2D eigenvalue weighted by Crippen LogP contribution is 2.30. The third-order valence-corrected chi connectivity index (χ3v) is 3.97. The second kappa shape index (κ2) is 13.0. The Morgan fingerprint density at radius 3 is 2.38 bits per heavy atom. The average Bonchev–Trinajstić information content (AvgIpc) is 3.26. The highest BCUT2D eigenvalue weighted by Gasteiger charge is 2.36. The molecule has 136 valence electrons. The Morgan fingerprint density at radius 2 is 1.71 bits per heavy atom. The molecule has 4 nitrogen and oxygen atoms in total. The monoisotopic (exact) mass is 336 g/mol. The Hall–Kier alpha value is -1.39. The fourth-order valence-electron chi connectivity index (χ4n) is 2.52. The number of aliphatic carboxylic acids is 1. The van der Waals surface area contributed by atoms with Crippen LogP contribution in [-0.4, -0.2) is 34.5 Å². The summed E-state index contributed by atoms with van der Waals surface area (Å²) in [5, 5.41) is 17.7. The van der Waals surface area contributed by atoms with Crippen LogP contribution in [0.4, 0.5) is 0 Å². The molecule has 3 atom stereocenters. The third kappa shape index (κ3) is 12.1. The number of hydrogen-bond donors (Lipinski definition) is 2. The molecular weight excluding hydrogens is 304 g/mol. The first-order chi connectivity index (χ1) is 11.6. The smallest absolute Gasteiger partial charge is 0.303 e. The standard InChI is InChI=1S/C20H32O4/c1-17(21)13-12-15-19-18(24-19)14-10-8-6-4-2-3-5-7-9-11-16-20(22)23/h2,4-5,7-8,10,17-19,21H,3,6,9,11-16H2,1H3,(H,22,23). The van der Waals surface area contributed by atoms with Gasteiger partial charge in [-0.2, -0.15) is 0 Å². The highest BCUT2D eigenvalue weighted by atomic mass is 16.6. The summed E-state index contributed by atoms with van der Waals surface area (Å²) in [6.07, 6.45) is 20.9. The Balaban J connectivity index is 1.91. The molecule has 1 aliphatic heterocycles. The summed E-state index contributed by atoms with van der Waals surface area (Å²) in [5.41, 5.74) is 0. The summed E-state index contributed by atoms with van der Waals surface area (Å²) in [7, 11) is 0. The van der Waals surface area contributed by atoms with Crippen LogP contribution >= 0.6 is 0 Å². The molecule has 0 aromatic carbocycles. The largest absolute Gasteiger partial charge is 0.481 e. The Morgan fingerprint density at radius 1 is 1.04 bits per heavy atom. The van der Waals surface area contributed by atoms with Crippen molar-refractivity contribution in [1.82, 2.24) is 0 Å². The van der Waals surface area contributed by atoms with Gasteiger partial charge >= 0.3 is 5.97 Å². The molecule has 24 heavy (non-hydrogen) atoms. The van der Waals surface area contributed by atoms with Gasteiger partial charge in [-0.05, 0) is 58.3 Å². The average molecular weight is 336 g/mol. The lowest BCUT2D eigenvalue weighted by atomic mass is 10.1. The van der Waals surface area contributed by atoms with Crippen LogP contribution in [0, 0.1) is 0 Å². The van der Waals surface area contributed by atoms with Gasteiger partial charge in [0.1, 0.15) is 0 Å². The van der Waals surface area contributed by atoms with Crippen molar-refractivity contribution in [3.8, 4) is 0 Å². The van der Waals surface area contributed by atoms with Gasteiger partial charge in [0.25, 0.3) is 0 Å². The topological polar surface area (TPSA) is 70.1 Å². The lowest BCUT2D eigenvalue weighted by Crippen LogP contribution is -2.00. The maximum Gasteiger partial charge on any atom is 0.303 e. The van der Waals surface area contributed by atoms with E-state index in [0.717, 1.165) is 44.9 Å². The zero-order valence-electron chi connectivity index (χ0n) is 14.8. The summed E-state index contributed by atoms with van der Waals surface area (Å²) < 4.78 is 5.61. The van der Waals surface area contributed by atoms with Gasteiger partial charge in [0.15, 0.2) is 0 Å². The first kappa shape index (κ1) is 20.7. The fraction of sp³-hybridized carbons (Fsp3) is 0.650. The Bertz CT molecular complexity index is 423. The first-order valence-electron chi connectivity index (χ1n) is 9.10. The molecule has 0 aliphatic carbocycles. The molecule has 1 rings (SSSR count). The molecule has 0 spiro atoms. The van der Waals surface area contributed by atoms with Crippen molar-refractivity contribution < 1.29 is 19.7 Å². The van der Waals surface area contributed by atoms with E-state index in [0.29, 0.717) is 18.6 Å². The quantitative estimate of drug-likeness (QED) is 0.280. The molecule has 0 aromatic heterocycles. The number of carbonyl (C=O) groups is 1. The Labute approximate surface area is 145 Å². The van der Waals surface area contributed by atoms with Crippen molar-refractivity contribution >= 4 is 5.97 Å². The van der Waals surface area contributed by atoms with Crippen LogP contribution in [-0.2, 0) is 9.53 Å². The van der Waals surface area contributed by atoms with E-state index >= 15 is 0 Å². The van der Waals surface area contributed by atoms with Gasteiger partial charge in [-0.25, -0.2) is 0 Å². The van der Waals surface area contributed by atoms with Crippen LogP contribution in [0.3, 0.4) is 0 Å². The summed E-state index contributed by atoms with van der Waals surface area (Å²) in [5.74, 6) is -0.724. The number of aliphatic hydroxyl groups excluding tert-OH is 1. The van der Waals surface area contributed by atoms with Crippen molar-refractivity contribution in [2.75, 3.05) is 0 Å². The molecule has 0 amide bonds. The first-order valence-corrected chi connectivity index (χ1v) is 9.10. The molecule has 3 unspecified atom stereocenters. The summed E-state index contributed by atoms with van der Waals surface area (Å²) in [6, 6.07) is 0. The van der Waals surface area contributed by atoms with E-state index in [1.54, 1.807) is 0 Å². The normalized spacial score (nSPS) is 21.9. The molecule has 1 fully saturated rings. The fourth-order valence-corrected chi connectivity index (χ4v) is 2.52. The van der Waals surface area contributed by atoms with Crippen molar-refractivity contribution in [2.45, 2.75) is 83.0 Å². The molecule has 1 aliphatic rings. The number of carboxylic acids is 1. The number of epoxide rings is 1. The SMILES string of the molecule is CC(O)CCCC1OC1CC=CCC=CCC=CCCCC(=O)O. The number of unbranched alkanes of at least 4 members (excludes halogenated alkanes) is 1. The molecule has 0 saturated carbocycles. The van der Waals surface area contributed by atoms with Crippen LogP contribution in [0.2, 0.25) is 0 Å². The number of allylic oxidation sites excluding steroid dienone is 5. The van der Waals surface area contributed by atoms with E-state index < -0.39 is 5.97 Å². The zero-order chi connectivity index (χ0) is 17.6. The van der Waals surface area contributed by atoms with E-state index in [4.69, 9.17) is 9.84 Å². The third-order valence-electron chi connectivity index (χ3n) is 3.97. The van der Waals surface area contributed by atoms with E-state index in [1.165, 1.54) is 0 Å². The molecule has 2 N–H and O–H groups in total. The highest BCUT2D eigenvalue weighted by molar-refractivity contribution is 5.66. The number of aliphatic hydroxyl groups is 1. The van der Waals surface area contributed by atoms with E-state index in [9.17, 15) is 9.90 Å². The van der Waals surface area contributed by atoms with Crippen molar-refractivity contribution in [3.05, 3.63) is 36.5 Å². The van der Waals surface area contributed by atoms with Crippen LogP contribution in [0.25, 0.3) is 0 Å². The van der Waals surface area contributed by atoms with Gasteiger partial charge in [-0.1, -0.05) is 36.5 Å². The zero-order valence-corrected chi connectivity index (χ0v) is 14.8. The van der Waals surface area contributed by atoms with Gasteiger partial charge in [-0.15, -0.1) is 0 Å². The second-order valence-electron chi connectivity index (χ2n) is 6.40. The molecule has 1 saturated heterocycles.